The number of hydrogen-bond acceptors (Lipinski definition) is 0. The third-order valence-corrected chi connectivity index (χ3v) is 8.83. The average molecular weight is 246 g/mol. The van der Waals surface area contributed by atoms with E-state index < -0.39 is 0 Å². The molecule has 0 aromatic carbocycles. The van der Waals surface area contributed by atoms with E-state index in [4.69, 9.17) is 0 Å². The fourth-order valence-electron chi connectivity index (χ4n) is 7.72. The Labute approximate surface area is 113 Å². The van der Waals surface area contributed by atoms with Gasteiger partial charge in [0.2, 0.25) is 0 Å². The van der Waals surface area contributed by atoms with Gasteiger partial charge in [0.15, 0.2) is 0 Å². The maximum Gasteiger partial charge on any atom is -0.0210 e. The smallest absolute Gasteiger partial charge is 0.0210 e. The summed E-state index contributed by atoms with van der Waals surface area (Å²) in [5.74, 6) is 7.54. The molecule has 4 fully saturated rings. The van der Waals surface area contributed by atoms with E-state index in [1.54, 1.807) is 19.3 Å². The molecule has 0 spiro atoms. The number of rotatable bonds is 1. The Bertz CT molecular complexity index is 381. The highest BCUT2D eigenvalue weighted by molar-refractivity contribution is 5.21. The van der Waals surface area contributed by atoms with Gasteiger partial charge in [0.1, 0.15) is 0 Å². The molecule has 4 rings (SSSR count). The van der Waals surface area contributed by atoms with Crippen LogP contribution < -0.4 is 0 Å². The van der Waals surface area contributed by atoms with Crippen molar-refractivity contribution in [3.05, 3.63) is 0 Å². The first-order valence-corrected chi connectivity index (χ1v) is 8.44. The Hall–Kier alpha value is 0. The average Bonchev–Trinajstić information content (AvgIpc) is 2.63. The van der Waals surface area contributed by atoms with E-state index in [9.17, 15) is 0 Å². The lowest BCUT2D eigenvalue weighted by molar-refractivity contribution is -0.255. The molecule has 2 bridgehead atoms. The molecule has 0 saturated heterocycles. The summed E-state index contributed by atoms with van der Waals surface area (Å²) in [5, 5.41) is 0. The van der Waals surface area contributed by atoms with Crippen molar-refractivity contribution in [1.82, 2.24) is 0 Å². The largest absolute Gasteiger partial charge is 0.0648 e. The lowest BCUT2D eigenvalue weighted by Gasteiger charge is -2.73. The highest BCUT2D eigenvalue weighted by atomic mass is 14.8. The monoisotopic (exact) mass is 246 g/mol. The van der Waals surface area contributed by atoms with E-state index >= 15 is 0 Å². The topological polar surface area (TPSA) is 0 Å². The summed E-state index contributed by atoms with van der Waals surface area (Å²) in [7, 11) is 0. The first-order valence-electron chi connectivity index (χ1n) is 8.44. The normalized spacial score (nSPS) is 63.5. The van der Waals surface area contributed by atoms with Gasteiger partial charge in [0.25, 0.3) is 0 Å². The van der Waals surface area contributed by atoms with Crippen LogP contribution >= 0.6 is 0 Å². The van der Waals surface area contributed by atoms with Crippen LogP contribution in [0.1, 0.15) is 60.3 Å². The summed E-state index contributed by atoms with van der Waals surface area (Å²) in [5.41, 5.74) is 1.30. The Kier molecular flexibility index (Phi) is 2.08. The van der Waals surface area contributed by atoms with Gasteiger partial charge in [-0.2, -0.15) is 0 Å². The van der Waals surface area contributed by atoms with Crippen LogP contribution in [-0.4, -0.2) is 0 Å². The molecule has 0 N–H and O–H groups in total. The molecule has 4 saturated carbocycles. The SMILES string of the molecule is CCC12CC3CC4C(C)C(C4C3)C1C(C)C2(C)C. The van der Waals surface area contributed by atoms with Crippen molar-refractivity contribution in [3.8, 4) is 0 Å². The summed E-state index contributed by atoms with van der Waals surface area (Å²) in [6.07, 6.45) is 6.19. The van der Waals surface area contributed by atoms with Crippen molar-refractivity contribution in [1.29, 1.82) is 0 Å². The summed E-state index contributed by atoms with van der Waals surface area (Å²) >= 11 is 0. The van der Waals surface area contributed by atoms with Gasteiger partial charge >= 0.3 is 0 Å². The van der Waals surface area contributed by atoms with Crippen LogP contribution in [0.15, 0.2) is 0 Å². The van der Waals surface area contributed by atoms with Crippen molar-refractivity contribution in [3.63, 3.8) is 0 Å². The zero-order valence-electron chi connectivity index (χ0n) is 12.9. The predicted octanol–water partition coefficient (Wildman–Crippen LogP) is 4.99. The molecule has 0 aromatic heterocycles. The molecule has 4 aliphatic carbocycles. The van der Waals surface area contributed by atoms with Crippen LogP contribution in [0.3, 0.4) is 0 Å². The molecule has 0 heterocycles. The maximum absolute atomic E-state index is 2.58. The molecular weight excluding hydrogens is 216 g/mol. The van der Waals surface area contributed by atoms with Gasteiger partial charge in [-0.25, -0.2) is 0 Å². The van der Waals surface area contributed by atoms with E-state index in [-0.39, 0.29) is 0 Å². The zero-order chi connectivity index (χ0) is 12.9. The fourth-order valence-corrected chi connectivity index (χ4v) is 7.72. The molecule has 4 aliphatic rings. The van der Waals surface area contributed by atoms with Crippen molar-refractivity contribution in [2.75, 3.05) is 0 Å². The van der Waals surface area contributed by atoms with Gasteiger partial charge < -0.3 is 0 Å². The van der Waals surface area contributed by atoms with Gasteiger partial charge in [-0.15, -0.1) is 0 Å². The Balaban J connectivity index is 1.79. The van der Waals surface area contributed by atoms with Crippen molar-refractivity contribution in [2.45, 2.75) is 60.3 Å². The Morgan fingerprint density at radius 2 is 1.72 bits per heavy atom. The van der Waals surface area contributed by atoms with E-state index in [2.05, 4.69) is 34.6 Å². The highest BCUT2D eigenvalue weighted by Crippen LogP contribution is 2.79. The van der Waals surface area contributed by atoms with Gasteiger partial charge in [-0.1, -0.05) is 34.6 Å². The summed E-state index contributed by atoms with van der Waals surface area (Å²) in [6, 6.07) is 0. The molecular formula is C18H30. The second-order valence-corrected chi connectivity index (χ2v) is 8.85. The lowest BCUT2D eigenvalue weighted by atomic mass is 9.31. The molecule has 0 heteroatoms. The van der Waals surface area contributed by atoms with Gasteiger partial charge in [-0.05, 0) is 77.9 Å². The van der Waals surface area contributed by atoms with Crippen LogP contribution in [0, 0.1) is 52.3 Å². The van der Waals surface area contributed by atoms with Gasteiger partial charge in [0.05, 0.1) is 0 Å². The molecule has 0 nitrogen and oxygen atoms in total. The molecule has 8 unspecified atom stereocenters. The van der Waals surface area contributed by atoms with Crippen molar-refractivity contribution < 1.29 is 0 Å². The molecule has 0 amide bonds. The predicted molar refractivity (Wildman–Crippen MR) is 76.1 cm³/mol. The van der Waals surface area contributed by atoms with E-state index in [1.165, 1.54) is 6.42 Å². The summed E-state index contributed by atoms with van der Waals surface area (Å²) in [6.45, 7) is 12.8. The minimum Gasteiger partial charge on any atom is -0.0648 e. The van der Waals surface area contributed by atoms with Crippen molar-refractivity contribution >= 4 is 0 Å². The Morgan fingerprint density at radius 3 is 2.39 bits per heavy atom. The highest BCUT2D eigenvalue weighted by Gasteiger charge is 2.73. The molecule has 18 heavy (non-hydrogen) atoms. The van der Waals surface area contributed by atoms with E-state index in [1.807, 2.05) is 0 Å². The maximum atomic E-state index is 2.58. The first kappa shape index (κ1) is 11.8. The second-order valence-electron chi connectivity index (χ2n) is 8.85. The van der Waals surface area contributed by atoms with Crippen LogP contribution in [0.2, 0.25) is 0 Å². The standard InChI is InChI=1S/C18H30/c1-6-18-9-12-7-13-10(2)15(14(13)8-12)16(18)11(3)17(18,4)5/h10-16H,6-9H2,1-5H3. The molecule has 0 radical (unpaired) electrons. The zero-order valence-corrected chi connectivity index (χ0v) is 12.9. The van der Waals surface area contributed by atoms with Crippen LogP contribution in [-0.2, 0) is 0 Å². The fraction of sp³-hybridized carbons (Fsp3) is 1.00. The molecule has 8 atom stereocenters. The van der Waals surface area contributed by atoms with E-state index in [0.29, 0.717) is 10.8 Å². The summed E-state index contributed by atoms with van der Waals surface area (Å²) < 4.78 is 0. The van der Waals surface area contributed by atoms with Crippen LogP contribution in [0.4, 0.5) is 0 Å². The molecule has 102 valence electrons. The lowest BCUT2D eigenvalue weighted by Crippen LogP contribution is -2.68. The first-order chi connectivity index (χ1) is 8.44. The number of fused-ring (bicyclic) bond motifs is 3. The van der Waals surface area contributed by atoms with Crippen molar-refractivity contribution in [2.24, 2.45) is 52.3 Å². The third-order valence-electron chi connectivity index (χ3n) is 8.83. The molecule has 0 aliphatic heterocycles. The van der Waals surface area contributed by atoms with Crippen LogP contribution in [0.25, 0.3) is 0 Å². The van der Waals surface area contributed by atoms with Gasteiger partial charge in [-0.3, -0.25) is 0 Å². The second kappa shape index (κ2) is 3.18. The minimum absolute atomic E-state index is 0.599. The van der Waals surface area contributed by atoms with Crippen LogP contribution in [0.5, 0.6) is 0 Å². The third kappa shape index (κ3) is 0.967. The number of hydrogen-bond donors (Lipinski definition) is 0. The molecule has 0 aromatic rings. The quantitative estimate of drug-likeness (QED) is 0.611. The summed E-state index contributed by atoms with van der Waals surface area (Å²) in [4.78, 5) is 0. The van der Waals surface area contributed by atoms with Gasteiger partial charge in [0, 0.05) is 0 Å². The Morgan fingerprint density at radius 1 is 1.06 bits per heavy atom. The van der Waals surface area contributed by atoms with E-state index in [0.717, 1.165) is 41.4 Å². The minimum atomic E-state index is 0.599.